The van der Waals surface area contributed by atoms with Crippen LogP contribution in [0.25, 0.3) is 11.1 Å². The summed E-state index contributed by atoms with van der Waals surface area (Å²) in [5, 5.41) is 0. The van der Waals surface area contributed by atoms with E-state index in [1.807, 2.05) is 24.3 Å². The van der Waals surface area contributed by atoms with E-state index in [1.54, 1.807) is 0 Å². The predicted molar refractivity (Wildman–Crippen MR) is 66.9 cm³/mol. The Morgan fingerprint density at radius 3 is 2.17 bits per heavy atom. The Morgan fingerprint density at radius 2 is 1.56 bits per heavy atom. The number of rotatable bonds is 2. The first-order valence-corrected chi connectivity index (χ1v) is 5.93. The highest BCUT2D eigenvalue weighted by molar-refractivity contribution is 5.65. The van der Waals surface area contributed by atoms with Crippen molar-refractivity contribution in [2.75, 3.05) is 0 Å². The minimum atomic E-state index is -0.565. The maximum Gasteiger partial charge on any atom is 0.126 e. The Hall–Kier alpha value is -1.74. The molecule has 2 N–H and O–H groups in total. The lowest BCUT2D eigenvalue weighted by atomic mass is 9.98. The SMILES string of the molecule is NC1(c2cccc(-c3cc(F)cc(F)c3)c2)CC1. The molecule has 0 spiro atoms. The summed E-state index contributed by atoms with van der Waals surface area (Å²) in [6.45, 7) is 0. The van der Waals surface area contributed by atoms with Gasteiger partial charge in [-0.05, 0) is 47.7 Å². The highest BCUT2D eigenvalue weighted by Gasteiger charge is 2.39. The topological polar surface area (TPSA) is 26.0 Å². The lowest BCUT2D eigenvalue weighted by Crippen LogP contribution is -2.18. The number of hydrogen-bond donors (Lipinski definition) is 1. The second-order valence-electron chi connectivity index (χ2n) is 4.90. The van der Waals surface area contributed by atoms with Gasteiger partial charge < -0.3 is 5.73 Å². The molecule has 1 aliphatic carbocycles. The monoisotopic (exact) mass is 245 g/mol. The van der Waals surface area contributed by atoms with Crippen molar-refractivity contribution in [3.8, 4) is 11.1 Å². The molecule has 0 saturated heterocycles. The maximum absolute atomic E-state index is 13.2. The van der Waals surface area contributed by atoms with Crippen LogP contribution in [-0.4, -0.2) is 0 Å². The molecule has 92 valence electrons. The molecule has 0 bridgehead atoms. The number of halogens is 2. The fraction of sp³-hybridized carbons (Fsp3) is 0.200. The minimum absolute atomic E-state index is 0.234. The van der Waals surface area contributed by atoms with Crippen LogP contribution in [0.1, 0.15) is 18.4 Å². The Balaban J connectivity index is 2.06. The molecular weight excluding hydrogens is 232 g/mol. The summed E-state index contributed by atoms with van der Waals surface area (Å²) in [7, 11) is 0. The summed E-state index contributed by atoms with van der Waals surface area (Å²) in [5.74, 6) is -1.13. The van der Waals surface area contributed by atoms with Crippen molar-refractivity contribution in [1.29, 1.82) is 0 Å². The average Bonchev–Trinajstić information content (AvgIpc) is 3.08. The predicted octanol–water partition coefficient (Wildman–Crippen LogP) is 3.58. The van der Waals surface area contributed by atoms with Crippen molar-refractivity contribution in [1.82, 2.24) is 0 Å². The third-order valence-electron chi connectivity index (χ3n) is 3.42. The van der Waals surface area contributed by atoms with Crippen molar-refractivity contribution in [3.05, 3.63) is 59.7 Å². The lowest BCUT2D eigenvalue weighted by molar-refractivity contribution is 0.584. The Labute approximate surface area is 104 Å². The van der Waals surface area contributed by atoms with Gasteiger partial charge in [0, 0.05) is 11.6 Å². The van der Waals surface area contributed by atoms with Gasteiger partial charge in [0.15, 0.2) is 0 Å². The van der Waals surface area contributed by atoms with Crippen LogP contribution >= 0.6 is 0 Å². The Bertz CT molecular complexity index is 583. The molecule has 0 aromatic heterocycles. The van der Waals surface area contributed by atoms with Crippen LogP contribution in [0.5, 0.6) is 0 Å². The molecule has 2 aromatic rings. The zero-order valence-corrected chi connectivity index (χ0v) is 9.79. The van der Waals surface area contributed by atoms with Crippen molar-refractivity contribution >= 4 is 0 Å². The molecule has 1 saturated carbocycles. The van der Waals surface area contributed by atoms with E-state index in [9.17, 15) is 8.78 Å². The molecular formula is C15H13F2N. The molecule has 0 heterocycles. The molecule has 0 atom stereocenters. The van der Waals surface area contributed by atoms with E-state index < -0.39 is 11.6 Å². The molecule has 18 heavy (non-hydrogen) atoms. The van der Waals surface area contributed by atoms with E-state index in [-0.39, 0.29) is 5.54 Å². The molecule has 0 aliphatic heterocycles. The minimum Gasteiger partial charge on any atom is -0.321 e. The largest absolute Gasteiger partial charge is 0.321 e. The van der Waals surface area contributed by atoms with Gasteiger partial charge in [-0.2, -0.15) is 0 Å². The summed E-state index contributed by atoms with van der Waals surface area (Å²) in [6.07, 6.45) is 1.93. The van der Waals surface area contributed by atoms with Crippen molar-refractivity contribution in [2.45, 2.75) is 18.4 Å². The molecule has 3 rings (SSSR count). The normalized spacial score (nSPS) is 16.6. The lowest BCUT2D eigenvalue weighted by Gasteiger charge is -2.11. The van der Waals surface area contributed by atoms with E-state index in [0.717, 1.165) is 30.0 Å². The van der Waals surface area contributed by atoms with Gasteiger partial charge in [0.25, 0.3) is 0 Å². The summed E-state index contributed by atoms with van der Waals surface area (Å²) >= 11 is 0. The van der Waals surface area contributed by atoms with Gasteiger partial charge in [0.1, 0.15) is 11.6 Å². The maximum atomic E-state index is 13.2. The molecule has 0 unspecified atom stereocenters. The van der Waals surface area contributed by atoms with Crippen LogP contribution in [0.2, 0.25) is 0 Å². The highest BCUT2D eigenvalue weighted by atomic mass is 19.1. The molecule has 0 amide bonds. The van der Waals surface area contributed by atoms with E-state index in [4.69, 9.17) is 5.73 Å². The van der Waals surface area contributed by atoms with Crippen LogP contribution in [0.3, 0.4) is 0 Å². The molecule has 1 aliphatic rings. The van der Waals surface area contributed by atoms with E-state index in [2.05, 4.69) is 0 Å². The summed E-state index contributed by atoms with van der Waals surface area (Å²) in [5.41, 5.74) is 8.26. The standard InChI is InChI=1S/C15H13F2N/c16-13-7-11(8-14(17)9-13)10-2-1-3-12(6-10)15(18)4-5-15/h1-3,6-9H,4-5,18H2. The summed E-state index contributed by atoms with van der Waals surface area (Å²) < 4.78 is 26.4. The van der Waals surface area contributed by atoms with Gasteiger partial charge in [-0.1, -0.05) is 18.2 Å². The summed E-state index contributed by atoms with van der Waals surface area (Å²) in [4.78, 5) is 0. The first kappa shape index (κ1) is 11.4. The second-order valence-corrected chi connectivity index (χ2v) is 4.90. The van der Waals surface area contributed by atoms with Crippen LogP contribution in [0.15, 0.2) is 42.5 Å². The molecule has 1 nitrogen and oxygen atoms in total. The van der Waals surface area contributed by atoms with Gasteiger partial charge >= 0.3 is 0 Å². The third kappa shape index (κ3) is 2.02. The summed E-state index contributed by atoms with van der Waals surface area (Å²) in [6, 6.07) is 11.1. The smallest absolute Gasteiger partial charge is 0.126 e. The van der Waals surface area contributed by atoms with Gasteiger partial charge in [0.2, 0.25) is 0 Å². The van der Waals surface area contributed by atoms with E-state index in [0.29, 0.717) is 5.56 Å². The number of benzene rings is 2. The fourth-order valence-corrected chi connectivity index (χ4v) is 2.15. The van der Waals surface area contributed by atoms with Gasteiger partial charge in [0.05, 0.1) is 0 Å². The van der Waals surface area contributed by atoms with Crippen LogP contribution in [0.4, 0.5) is 8.78 Å². The molecule has 0 radical (unpaired) electrons. The number of hydrogen-bond acceptors (Lipinski definition) is 1. The average molecular weight is 245 g/mol. The van der Waals surface area contributed by atoms with Crippen molar-refractivity contribution in [2.24, 2.45) is 5.73 Å². The van der Waals surface area contributed by atoms with Crippen LogP contribution in [0, 0.1) is 11.6 Å². The Morgan fingerprint density at radius 1 is 0.889 bits per heavy atom. The third-order valence-corrected chi connectivity index (χ3v) is 3.42. The highest BCUT2D eigenvalue weighted by Crippen LogP contribution is 2.43. The molecule has 2 aromatic carbocycles. The van der Waals surface area contributed by atoms with Gasteiger partial charge in [-0.15, -0.1) is 0 Å². The van der Waals surface area contributed by atoms with E-state index >= 15 is 0 Å². The molecule has 3 heteroatoms. The fourth-order valence-electron chi connectivity index (χ4n) is 2.15. The van der Waals surface area contributed by atoms with Gasteiger partial charge in [-0.3, -0.25) is 0 Å². The van der Waals surface area contributed by atoms with Gasteiger partial charge in [-0.25, -0.2) is 8.78 Å². The van der Waals surface area contributed by atoms with E-state index in [1.165, 1.54) is 12.1 Å². The zero-order valence-electron chi connectivity index (χ0n) is 9.79. The quantitative estimate of drug-likeness (QED) is 0.859. The molecule has 1 fully saturated rings. The van der Waals surface area contributed by atoms with Crippen molar-refractivity contribution < 1.29 is 8.78 Å². The Kier molecular flexibility index (Phi) is 2.45. The first-order chi connectivity index (χ1) is 8.57. The van der Waals surface area contributed by atoms with Crippen molar-refractivity contribution in [3.63, 3.8) is 0 Å². The number of nitrogens with two attached hydrogens (primary N) is 1. The van der Waals surface area contributed by atoms with Crippen LogP contribution < -0.4 is 5.73 Å². The zero-order chi connectivity index (χ0) is 12.8. The van der Waals surface area contributed by atoms with Crippen LogP contribution in [-0.2, 0) is 5.54 Å². The first-order valence-electron chi connectivity index (χ1n) is 5.93. The second kappa shape index (κ2) is 3.89.